The zero-order valence-electron chi connectivity index (χ0n) is 12.9. The number of sulfonamides is 1. The Balaban J connectivity index is 2.56. The zero-order chi connectivity index (χ0) is 15.9. The monoisotopic (exact) mass is 316 g/mol. The molecule has 21 heavy (non-hydrogen) atoms. The molecule has 0 aromatic carbocycles. The van der Waals surface area contributed by atoms with E-state index in [9.17, 15) is 13.2 Å². The van der Waals surface area contributed by atoms with Gasteiger partial charge < -0.3 is 9.32 Å². The highest BCUT2D eigenvalue weighted by Gasteiger charge is 2.20. The van der Waals surface area contributed by atoms with Crippen LogP contribution in [0, 0.1) is 0 Å². The standard InChI is InChI=1S/C14H24N2O4S/c1-4-5-9-15(2)14(17)8-10-16(21(3,18)19)12-13-7-6-11-20-13/h6-7,11H,4-5,8-10,12H2,1-3H3. The Hall–Kier alpha value is -1.34. The molecule has 120 valence electrons. The second-order valence-corrected chi connectivity index (χ2v) is 7.08. The highest BCUT2D eigenvalue weighted by molar-refractivity contribution is 7.88. The number of hydrogen-bond donors (Lipinski definition) is 0. The summed E-state index contributed by atoms with van der Waals surface area (Å²) in [6, 6.07) is 3.42. The zero-order valence-corrected chi connectivity index (χ0v) is 13.7. The van der Waals surface area contributed by atoms with Gasteiger partial charge in [0, 0.05) is 26.6 Å². The molecule has 0 N–H and O–H groups in total. The van der Waals surface area contributed by atoms with Gasteiger partial charge in [0.1, 0.15) is 5.76 Å². The molecule has 0 unspecified atom stereocenters. The van der Waals surface area contributed by atoms with E-state index in [1.807, 2.05) is 0 Å². The molecule has 0 bridgehead atoms. The third-order valence-electron chi connectivity index (χ3n) is 3.23. The molecule has 0 aliphatic carbocycles. The Morgan fingerprint density at radius 3 is 2.57 bits per heavy atom. The summed E-state index contributed by atoms with van der Waals surface area (Å²) in [5.41, 5.74) is 0. The van der Waals surface area contributed by atoms with E-state index in [0.29, 0.717) is 12.3 Å². The predicted molar refractivity (Wildman–Crippen MR) is 81.1 cm³/mol. The van der Waals surface area contributed by atoms with Gasteiger partial charge in [-0.3, -0.25) is 4.79 Å². The number of amides is 1. The average molecular weight is 316 g/mol. The summed E-state index contributed by atoms with van der Waals surface area (Å²) >= 11 is 0. The number of furan rings is 1. The summed E-state index contributed by atoms with van der Waals surface area (Å²) in [5, 5.41) is 0. The van der Waals surface area contributed by atoms with Crippen LogP contribution in [0.3, 0.4) is 0 Å². The second-order valence-electron chi connectivity index (χ2n) is 5.09. The largest absolute Gasteiger partial charge is 0.468 e. The quantitative estimate of drug-likeness (QED) is 0.695. The lowest BCUT2D eigenvalue weighted by Crippen LogP contribution is -2.35. The first-order valence-corrected chi connectivity index (χ1v) is 8.91. The van der Waals surface area contributed by atoms with Crippen molar-refractivity contribution in [3.63, 3.8) is 0 Å². The molecule has 1 rings (SSSR count). The predicted octanol–water partition coefficient (Wildman–Crippen LogP) is 1.69. The number of rotatable bonds is 9. The Morgan fingerprint density at radius 2 is 2.05 bits per heavy atom. The van der Waals surface area contributed by atoms with Gasteiger partial charge in [-0.1, -0.05) is 13.3 Å². The van der Waals surface area contributed by atoms with E-state index in [2.05, 4.69) is 6.92 Å². The molecule has 1 heterocycles. The molecule has 0 radical (unpaired) electrons. The third-order valence-corrected chi connectivity index (χ3v) is 4.48. The van der Waals surface area contributed by atoms with Crippen LogP contribution in [0.5, 0.6) is 0 Å². The molecule has 7 heteroatoms. The van der Waals surface area contributed by atoms with Crippen LogP contribution in [0.15, 0.2) is 22.8 Å². The van der Waals surface area contributed by atoms with E-state index in [4.69, 9.17) is 4.42 Å². The highest BCUT2D eigenvalue weighted by Crippen LogP contribution is 2.10. The molecular weight excluding hydrogens is 292 g/mol. The molecule has 0 aliphatic rings. The topological polar surface area (TPSA) is 70.8 Å². The van der Waals surface area contributed by atoms with Crippen molar-refractivity contribution in [2.45, 2.75) is 32.7 Å². The van der Waals surface area contributed by atoms with Gasteiger partial charge in [0.05, 0.1) is 19.1 Å². The number of carbonyl (C=O) groups excluding carboxylic acids is 1. The van der Waals surface area contributed by atoms with E-state index in [-0.39, 0.29) is 25.4 Å². The number of carbonyl (C=O) groups is 1. The Morgan fingerprint density at radius 1 is 1.33 bits per heavy atom. The molecular formula is C14H24N2O4S. The van der Waals surface area contributed by atoms with Crippen molar-refractivity contribution in [2.24, 2.45) is 0 Å². The van der Waals surface area contributed by atoms with E-state index in [1.165, 1.54) is 10.6 Å². The number of unbranched alkanes of at least 4 members (excludes halogenated alkanes) is 1. The summed E-state index contributed by atoms with van der Waals surface area (Å²) in [4.78, 5) is 13.6. The van der Waals surface area contributed by atoms with Gasteiger partial charge in [0.15, 0.2) is 0 Å². The van der Waals surface area contributed by atoms with Gasteiger partial charge >= 0.3 is 0 Å². The maximum atomic E-state index is 12.0. The normalized spacial score (nSPS) is 11.8. The lowest BCUT2D eigenvalue weighted by Gasteiger charge is -2.21. The van der Waals surface area contributed by atoms with Crippen LogP contribution in [0.4, 0.5) is 0 Å². The molecule has 1 amide bonds. The summed E-state index contributed by atoms with van der Waals surface area (Å²) in [7, 11) is -1.63. The van der Waals surface area contributed by atoms with Gasteiger partial charge in [-0.25, -0.2) is 8.42 Å². The minimum absolute atomic E-state index is 0.0449. The summed E-state index contributed by atoms with van der Waals surface area (Å²) in [5.74, 6) is 0.517. The lowest BCUT2D eigenvalue weighted by atomic mass is 10.3. The van der Waals surface area contributed by atoms with Crippen LogP contribution >= 0.6 is 0 Å². The molecule has 0 saturated carbocycles. The third kappa shape index (κ3) is 6.31. The van der Waals surface area contributed by atoms with Crippen molar-refractivity contribution in [2.75, 3.05) is 26.4 Å². The van der Waals surface area contributed by atoms with Gasteiger partial charge in [-0.15, -0.1) is 0 Å². The molecule has 1 aromatic rings. The molecule has 0 fully saturated rings. The van der Waals surface area contributed by atoms with Gasteiger partial charge in [0.25, 0.3) is 0 Å². The second kappa shape index (κ2) is 8.19. The van der Waals surface area contributed by atoms with Crippen molar-refractivity contribution in [1.29, 1.82) is 0 Å². The fourth-order valence-corrected chi connectivity index (χ4v) is 2.65. The smallest absolute Gasteiger partial charge is 0.223 e. The minimum atomic E-state index is -3.38. The Labute approximate surface area is 126 Å². The van der Waals surface area contributed by atoms with Crippen LogP contribution in [0.1, 0.15) is 31.9 Å². The number of nitrogens with zero attached hydrogens (tertiary/aromatic N) is 2. The SMILES string of the molecule is CCCCN(C)C(=O)CCN(Cc1ccco1)S(C)(=O)=O. The first-order chi connectivity index (χ1) is 9.84. The maximum absolute atomic E-state index is 12.0. The number of hydrogen-bond acceptors (Lipinski definition) is 4. The van der Waals surface area contributed by atoms with Crippen LogP contribution in [0.2, 0.25) is 0 Å². The summed E-state index contributed by atoms with van der Waals surface area (Å²) < 4.78 is 30.0. The van der Waals surface area contributed by atoms with Crippen LogP contribution in [0.25, 0.3) is 0 Å². The molecule has 0 spiro atoms. The van der Waals surface area contributed by atoms with Gasteiger partial charge in [-0.2, -0.15) is 4.31 Å². The minimum Gasteiger partial charge on any atom is -0.468 e. The van der Waals surface area contributed by atoms with Crippen LogP contribution < -0.4 is 0 Å². The lowest BCUT2D eigenvalue weighted by molar-refractivity contribution is -0.130. The maximum Gasteiger partial charge on any atom is 0.223 e. The van der Waals surface area contributed by atoms with E-state index in [0.717, 1.165) is 19.1 Å². The van der Waals surface area contributed by atoms with Crippen molar-refractivity contribution in [1.82, 2.24) is 9.21 Å². The summed E-state index contributed by atoms with van der Waals surface area (Å²) in [6.45, 7) is 3.08. The highest BCUT2D eigenvalue weighted by atomic mass is 32.2. The van der Waals surface area contributed by atoms with Crippen LogP contribution in [-0.4, -0.2) is 49.9 Å². The van der Waals surface area contributed by atoms with Gasteiger partial charge in [0.2, 0.25) is 15.9 Å². The summed E-state index contributed by atoms with van der Waals surface area (Å²) in [6.07, 6.45) is 4.78. The van der Waals surface area contributed by atoms with E-state index >= 15 is 0 Å². The van der Waals surface area contributed by atoms with E-state index in [1.54, 1.807) is 24.1 Å². The van der Waals surface area contributed by atoms with E-state index < -0.39 is 10.0 Å². The first kappa shape index (κ1) is 17.7. The van der Waals surface area contributed by atoms with Crippen molar-refractivity contribution in [3.05, 3.63) is 24.2 Å². The van der Waals surface area contributed by atoms with Crippen LogP contribution in [-0.2, 0) is 21.4 Å². The van der Waals surface area contributed by atoms with Crippen molar-refractivity contribution in [3.8, 4) is 0 Å². The molecule has 6 nitrogen and oxygen atoms in total. The molecule has 0 atom stereocenters. The fourth-order valence-electron chi connectivity index (χ4n) is 1.87. The first-order valence-electron chi connectivity index (χ1n) is 7.06. The van der Waals surface area contributed by atoms with Gasteiger partial charge in [-0.05, 0) is 18.6 Å². The van der Waals surface area contributed by atoms with Crippen molar-refractivity contribution < 1.29 is 17.6 Å². The molecule has 1 aromatic heterocycles. The average Bonchev–Trinajstić information content (AvgIpc) is 2.91. The molecule has 0 aliphatic heterocycles. The van der Waals surface area contributed by atoms with Crippen molar-refractivity contribution >= 4 is 15.9 Å². The fraction of sp³-hybridized carbons (Fsp3) is 0.643. The Kier molecular flexibility index (Phi) is 6.91. The molecule has 0 saturated heterocycles. The Bertz CT molecular complexity index is 525.